The van der Waals surface area contributed by atoms with E-state index in [0.717, 1.165) is 25.6 Å². The Morgan fingerprint density at radius 2 is 2.13 bits per heavy atom. The average molecular weight is 214 g/mol. The molecule has 1 saturated carbocycles. The summed E-state index contributed by atoms with van der Waals surface area (Å²) in [4.78, 5) is 0. The molecule has 0 amide bonds. The van der Waals surface area contributed by atoms with Crippen molar-refractivity contribution in [1.29, 1.82) is 0 Å². The fourth-order valence-electron chi connectivity index (χ4n) is 1.83. The first kappa shape index (κ1) is 12.9. The minimum Gasteiger partial charge on any atom is -0.383 e. The highest BCUT2D eigenvalue weighted by Gasteiger charge is 2.44. The van der Waals surface area contributed by atoms with E-state index in [0.29, 0.717) is 11.5 Å². The van der Waals surface area contributed by atoms with E-state index in [1.54, 1.807) is 7.11 Å². The molecule has 0 aromatic rings. The first-order valence-electron chi connectivity index (χ1n) is 5.99. The van der Waals surface area contributed by atoms with E-state index in [4.69, 9.17) is 4.74 Å². The van der Waals surface area contributed by atoms with Gasteiger partial charge in [-0.3, -0.25) is 0 Å². The lowest BCUT2D eigenvalue weighted by Gasteiger charge is -2.15. The van der Waals surface area contributed by atoms with Crippen molar-refractivity contribution >= 4 is 0 Å². The van der Waals surface area contributed by atoms with Gasteiger partial charge in [-0.05, 0) is 31.2 Å². The van der Waals surface area contributed by atoms with Crippen LogP contribution < -0.4 is 10.6 Å². The largest absolute Gasteiger partial charge is 0.383 e. The van der Waals surface area contributed by atoms with Gasteiger partial charge in [0.25, 0.3) is 0 Å². The molecule has 3 heteroatoms. The van der Waals surface area contributed by atoms with E-state index in [1.807, 2.05) is 0 Å². The Labute approximate surface area is 94.0 Å². The normalized spacial score (nSPS) is 25.2. The molecule has 0 saturated heterocycles. The zero-order chi connectivity index (χ0) is 11.3. The number of rotatable bonds is 8. The third-order valence-electron chi connectivity index (χ3n) is 3.36. The summed E-state index contributed by atoms with van der Waals surface area (Å²) in [6.45, 7) is 10.9. The van der Waals surface area contributed by atoms with E-state index in [-0.39, 0.29) is 0 Å². The van der Waals surface area contributed by atoms with Gasteiger partial charge < -0.3 is 15.4 Å². The number of hydrogen-bond donors (Lipinski definition) is 2. The zero-order valence-electron chi connectivity index (χ0n) is 10.6. The van der Waals surface area contributed by atoms with E-state index >= 15 is 0 Å². The smallest absolute Gasteiger partial charge is 0.0587 e. The second kappa shape index (κ2) is 5.83. The van der Waals surface area contributed by atoms with Gasteiger partial charge in [-0.1, -0.05) is 13.8 Å². The number of nitrogens with one attached hydrogen (secondary N) is 2. The molecule has 1 rings (SSSR count). The van der Waals surface area contributed by atoms with Crippen LogP contribution in [0.1, 0.15) is 27.2 Å². The number of hydrogen-bond acceptors (Lipinski definition) is 3. The second-order valence-electron chi connectivity index (χ2n) is 5.40. The van der Waals surface area contributed by atoms with Crippen LogP contribution in [-0.2, 0) is 4.74 Å². The van der Waals surface area contributed by atoms with Crippen LogP contribution in [0.4, 0.5) is 0 Å². The summed E-state index contributed by atoms with van der Waals surface area (Å²) in [5.74, 6) is 0.888. The molecule has 0 radical (unpaired) electrons. The number of methoxy groups -OCH3 is 1. The van der Waals surface area contributed by atoms with Crippen molar-refractivity contribution in [3.63, 3.8) is 0 Å². The molecule has 2 atom stereocenters. The van der Waals surface area contributed by atoms with Crippen LogP contribution >= 0.6 is 0 Å². The fourth-order valence-corrected chi connectivity index (χ4v) is 1.83. The lowest BCUT2D eigenvalue weighted by atomic mass is 10.1. The van der Waals surface area contributed by atoms with Gasteiger partial charge in [-0.25, -0.2) is 0 Å². The van der Waals surface area contributed by atoms with Crippen molar-refractivity contribution in [1.82, 2.24) is 10.6 Å². The van der Waals surface area contributed by atoms with Gasteiger partial charge in [0, 0.05) is 26.2 Å². The Morgan fingerprint density at radius 1 is 1.47 bits per heavy atom. The predicted molar refractivity (Wildman–Crippen MR) is 64.1 cm³/mol. The third-order valence-corrected chi connectivity index (χ3v) is 3.36. The highest BCUT2D eigenvalue weighted by molar-refractivity contribution is 4.96. The van der Waals surface area contributed by atoms with E-state index < -0.39 is 0 Å². The SMILES string of the molecule is COCCNCC(C)NCC1CC1(C)C. The molecule has 0 aliphatic heterocycles. The molecule has 3 nitrogen and oxygen atoms in total. The molecule has 0 aromatic heterocycles. The van der Waals surface area contributed by atoms with E-state index in [2.05, 4.69) is 31.4 Å². The van der Waals surface area contributed by atoms with Crippen molar-refractivity contribution in [3.8, 4) is 0 Å². The summed E-state index contributed by atoms with van der Waals surface area (Å²) in [5.41, 5.74) is 0.593. The Hall–Kier alpha value is -0.120. The monoisotopic (exact) mass is 214 g/mol. The minimum atomic E-state index is 0.554. The minimum absolute atomic E-state index is 0.554. The second-order valence-corrected chi connectivity index (χ2v) is 5.40. The van der Waals surface area contributed by atoms with Gasteiger partial charge in [-0.2, -0.15) is 0 Å². The summed E-state index contributed by atoms with van der Waals surface area (Å²) in [6.07, 6.45) is 1.38. The fraction of sp³-hybridized carbons (Fsp3) is 1.00. The van der Waals surface area contributed by atoms with Crippen LogP contribution in [0.3, 0.4) is 0 Å². The molecule has 1 aliphatic rings. The average Bonchev–Trinajstić information content (AvgIpc) is 2.78. The van der Waals surface area contributed by atoms with Gasteiger partial charge in [0.1, 0.15) is 0 Å². The van der Waals surface area contributed by atoms with Crippen molar-refractivity contribution < 1.29 is 4.74 Å². The molecule has 1 fully saturated rings. The summed E-state index contributed by atoms with van der Waals surface area (Å²) < 4.78 is 4.98. The first-order chi connectivity index (χ1) is 7.06. The van der Waals surface area contributed by atoms with Crippen molar-refractivity contribution in [3.05, 3.63) is 0 Å². The Balaban J connectivity index is 1.92. The maximum absolute atomic E-state index is 4.98. The lowest BCUT2D eigenvalue weighted by molar-refractivity contribution is 0.198. The standard InChI is InChI=1S/C12H26N2O/c1-10(8-13-5-6-15-4)14-9-11-7-12(11,2)3/h10-11,13-14H,5-9H2,1-4H3. The highest BCUT2D eigenvalue weighted by Crippen LogP contribution is 2.50. The van der Waals surface area contributed by atoms with Gasteiger partial charge in [0.2, 0.25) is 0 Å². The molecule has 0 heterocycles. The molecule has 0 bridgehead atoms. The summed E-state index contributed by atoms with van der Waals surface area (Å²) in [7, 11) is 1.73. The summed E-state index contributed by atoms with van der Waals surface area (Å²) in [5, 5.41) is 6.94. The predicted octanol–water partition coefficient (Wildman–Crippen LogP) is 1.25. The Bertz CT molecular complexity index is 182. The third kappa shape index (κ3) is 4.96. The Kier molecular flexibility index (Phi) is 5.03. The molecule has 1 aliphatic carbocycles. The van der Waals surface area contributed by atoms with E-state index in [1.165, 1.54) is 13.0 Å². The molecule has 90 valence electrons. The molecule has 2 N–H and O–H groups in total. The molecular weight excluding hydrogens is 188 g/mol. The van der Waals surface area contributed by atoms with Crippen LogP contribution in [0, 0.1) is 11.3 Å². The van der Waals surface area contributed by atoms with Crippen LogP contribution in [-0.4, -0.2) is 39.4 Å². The highest BCUT2D eigenvalue weighted by atomic mass is 16.5. The lowest BCUT2D eigenvalue weighted by Crippen LogP contribution is -2.38. The van der Waals surface area contributed by atoms with Crippen molar-refractivity contribution in [2.24, 2.45) is 11.3 Å². The Morgan fingerprint density at radius 3 is 2.67 bits per heavy atom. The maximum atomic E-state index is 4.98. The van der Waals surface area contributed by atoms with Gasteiger partial charge >= 0.3 is 0 Å². The van der Waals surface area contributed by atoms with Crippen molar-refractivity contribution in [2.75, 3.05) is 33.4 Å². The van der Waals surface area contributed by atoms with Crippen LogP contribution in [0.15, 0.2) is 0 Å². The molecule has 0 spiro atoms. The first-order valence-corrected chi connectivity index (χ1v) is 5.99. The van der Waals surface area contributed by atoms with Gasteiger partial charge in [-0.15, -0.1) is 0 Å². The van der Waals surface area contributed by atoms with Gasteiger partial charge in [0.15, 0.2) is 0 Å². The maximum Gasteiger partial charge on any atom is 0.0587 e. The van der Waals surface area contributed by atoms with Crippen LogP contribution in [0.25, 0.3) is 0 Å². The molecular formula is C12H26N2O. The summed E-state index contributed by atoms with van der Waals surface area (Å²) in [6, 6.07) is 0.554. The van der Waals surface area contributed by atoms with Gasteiger partial charge in [0.05, 0.1) is 6.61 Å². The molecule has 0 aromatic carbocycles. The summed E-state index contributed by atoms with van der Waals surface area (Å²) >= 11 is 0. The van der Waals surface area contributed by atoms with Crippen molar-refractivity contribution in [2.45, 2.75) is 33.2 Å². The van der Waals surface area contributed by atoms with Crippen LogP contribution in [0.2, 0.25) is 0 Å². The topological polar surface area (TPSA) is 33.3 Å². The quantitative estimate of drug-likeness (QED) is 0.597. The zero-order valence-corrected chi connectivity index (χ0v) is 10.6. The number of ether oxygens (including phenoxy) is 1. The van der Waals surface area contributed by atoms with Crippen LogP contribution in [0.5, 0.6) is 0 Å². The van der Waals surface area contributed by atoms with E-state index in [9.17, 15) is 0 Å². The molecule has 2 unspecified atom stereocenters. The molecule has 15 heavy (non-hydrogen) atoms.